The van der Waals surface area contributed by atoms with Crippen molar-refractivity contribution >= 4 is 5.91 Å². The van der Waals surface area contributed by atoms with E-state index in [1.807, 2.05) is 6.92 Å². The Morgan fingerprint density at radius 1 is 1.67 bits per heavy atom. The molecule has 3 N–H and O–H groups in total. The van der Waals surface area contributed by atoms with E-state index in [1.54, 1.807) is 0 Å². The van der Waals surface area contributed by atoms with Crippen molar-refractivity contribution in [3.05, 3.63) is 0 Å². The van der Waals surface area contributed by atoms with E-state index in [0.717, 1.165) is 19.5 Å². The second-order valence-corrected chi connectivity index (χ2v) is 4.71. The zero-order chi connectivity index (χ0) is 11.3. The summed E-state index contributed by atoms with van der Waals surface area (Å²) >= 11 is 0. The van der Waals surface area contributed by atoms with Crippen molar-refractivity contribution in [1.82, 2.24) is 10.2 Å². The first-order chi connectivity index (χ1) is 7.11. The van der Waals surface area contributed by atoms with Gasteiger partial charge in [-0.15, -0.1) is 0 Å². The standard InChI is InChI=1S/C11H23N3O/c1-9(7-12)6-11(15)13-10-4-3-5-14(2)8-10/h9-10H,3-8,12H2,1-2H3,(H,13,15). The number of likely N-dealkylation sites (tertiary alicyclic amines) is 1. The van der Waals surface area contributed by atoms with Gasteiger partial charge in [0.1, 0.15) is 0 Å². The van der Waals surface area contributed by atoms with Gasteiger partial charge in [0.15, 0.2) is 0 Å². The topological polar surface area (TPSA) is 58.4 Å². The first-order valence-electron chi connectivity index (χ1n) is 5.79. The van der Waals surface area contributed by atoms with Crippen LogP contribution < -0.4 is 11.1 Å². The minimum absolute atomic E-state index is 0.147. The van der Waals surface area contributed by atoms with Crippen molar-refractivity contribution in [2.75, 3.05) is 26.7 Å². The Bertz CT molecular complexity index is 208. The normalized spacial score (nSPS) is 24.9. The summed E-state index contributed by atoms with van der Waals surface area (Å²) in [7, 11) is 2.10. The third-order valence-corrected chi connectivity index (χ3v) is 2.93. The molecule has 4 nitrogen and oxygen atoms in total. The Morgan fingerprint density at radius 3 is 3.00 bits per heavy atom. The Morgan fingerprint density at radius 2 is 2.40 bits per heavy atom. The number of carbonyl (C=O) groups excluding carboxylic acids is 1. The maximum Gasteiger partial charge on any atom is 0.220 e. The number of nitrogens with zero attached hydrogens (tertiary/aromatic N) is 1. The van der Waals surface area contributed by atoms with Crippen LogP contribution in [-0.2, 0) is 4.79 Å². The van der Waals surface area contributed by atoms with Gasteiger partial charge < -0.3 is 16.0 Å². The molecule has 0 bridgehead atoms. The monoisotopic (exact) mass is 213 g/mol. The van der Waals surface area contributed by atoms with E-state index in [-0.39, 0.29) is 11.8 Å². The molecule has 1 saturated heterocycles. The van der Waals surface area contributed by atoms with Gasteiger partial charge in [-0.2, -0.15) is 0 Å². The van der Waals surface area contributed by atoms with Gasteiger partial charge in [-0.1, -0.05) is 6.92 Å². The van der Waals surface area contributed by atoms with Gasteiger partial charge in [0, 0.05) is 19.0 Å². The predicted octanol–water partition coefficient (Wildman–Crippen LogP) is 0.182. The van der Waals surface area contributed by atoms with Crippen LogP contribution in [0.3, 0.4) is 0 Å². The minimum atomic E-state index is 0.147. The van der Waals surface area contributed by atoms with Crippen LogP contribution in [0.2, 0.25) is 0 Å². The van der Waals surface area contributed by atoms with Gasteiger partial charge in [0.05, 0.1) is 0 Å². The highest BCUT2D eigenvalue weighted by atomic mass is 16.1. The number of nitrogens with two attached hydrogens (primary N) is 1. The summed E-state index contributed by atoms with van der Waals surface area (Å²) in [5.74, 6) is 0.430. The fourth-order valence-corrected chi connectivity index (χ4v) is 1.97. The van der Waals surface area contributed by atoms with Crippen LogP contribution in [-0.4, -0.2) is 43.5 Å². The molecule has 0 aliphatic carbocycles. The number of hydrogen-bond acceptors (Lipinski definition) is 3. The molecule has 88 valence electrons. The predicted molar refractivity (Wildman–Crippen MR) is 61.5 cm³/mol. The molecular weight excluding hydrogens is 190 g/mol. The Kier molecular flexibility index (Phi) is 5.05. The molecule has 0 spiro atoms. The summed E-state index contributed by atoms with van der Waals surface area (Å²) in [4.78, 5) is 13.9. The number of hydrogen-bond donors (Lipinski definition) is 2. The Balaban J connectivity index is 2.24. The average Bonchev–Trinajstić information content (AvgIpc) is 2.17. The van der Waals surface area contributed by atoms with E-state index in [0.29, 0.717) is 19.0 Å². The molecular formula is C11H23N3O. The lowest BCUT2D eigenvalue weighted by atomic mass is 10.0. The molecule has 15 heavy (non-hydrogen) atoms. The highest BCUT2D eigenvalue weighted by Gasteiger charge is 2.19. The second-order valence-electron chi connectivity index (χ2n) is 4.71. The average molecular weight is 213 g/mol. The Labute approximate surface area is 92.2 Å². The summed E-state index contributed by atoms with van der Waals surface area (Å²) in [6.07, 6.45) is 2.83. The van der Waals surface area contributed by atoms with Crippen LogP contribution in [0.4, 0.5) is 0 Å². The molecule has 0 aromatic heterocycles. The molecule has 4 heteroatoms. The molecule has 1 fully saturated rings. The van der Waals surface area contributed by atoms with Crippen LogP contribution in [0.1, 0.15) is 26.2 Å². The van der Waals surface area contributed by atoms with E-state index in [9.17, 15) is 4.79 Å². The van der Waals surface area contributed by atoms with Gasteiger partial charge in [-0.05, 0) is 38.9 Å². The highest BCUT2D eigenvalue weighted by Crippen LogP contribution is 2.08. The molecule has 1 rings (SSSR count). The maximum absolute atomic E-state index is 11.6. The second kappa shape index (κ2) is 6.08. The lowest BCUT2D eigenvalue weighted by Gasteiger charge is -2.30. The van der Waals surface area contributed by atoms with E-state index in [1.165, 1.54) is 6.42 Å². The van der Waals surface area contributed by atoms with Crippen LogP contribution >= 0.6 is 0 Å². The van der Waals surface area contributed by atoms with E-state index < -0.39 is 0 Å². The highest BCUT2D eigenvalue weighted by molar-refractivity contribution is 5.76. The van der Waals surface area contributed by atoms with Crippen molar-refractivity contribution in [1.29, 1.82) is 0 Å². The maximum atomic E-state index is 11.6. The van der Waals surface area contributed by atoms with Crippen molar-refractivity contribution in [3.8, 4) is 0 Å². The molecule has 2 atom stereocenters. The first kappa shape index (κ1) is 12.5. The lowest BCUT2D eigenvalue weighted by molar-refractivity contribution is -0.122. The van der Waals surface area contributed by atoms with Gasteiger partial charge in [0.2, 0.25) is 5.91 Å². The number of rotatable bonds is 4. The molecule has 1 aliphatic rings. The van der Waals surface area contributed by atoms with Crippen molar-refractivity contribution < 1.29 is 4.79 Å². The number of nitrogens with one attached hydrogen (secondary N) is 1. The van der Waals surface area contributed by atoms with Crippen molar-refractivity contribution in [2.45, 2.75) is 32.2 Å². The molecule has 1 amide bonds. The summed E-state index contributed by atoms with van der Waals surface area (Å²) in [5.41, 5.74) is 5.49. The molecule has 2 unspecified atom stereocenters. The summed E-state index contributed by atoms with van der Waals surface area (Å²) in [6, 6.07) is 0.334. The number of carbonyl (C=O) groups is 1. The zero-order valence-corrected chi connectivity index (χ0v) is 9.83. The fourth-order valence-electron chi connectivity index (χ4n) is 1.97. The Hall–Kier alpha value is -0.610. The molecule has 1 heterocycles. The lowest BCUT2D eigenvalue weighted by Crippen LogP contribution is -2.46. The first-order valence-corrected chi connectivity index (χ1v) is 5.79. The fraction of sp³-hybridized carbons (Fsp3) is 0.909. The third-order valence-electron chi connectivity index (χ3n) is 2.93. The number of piperidine rings is 1. The van der Waals surface area contributed by atoms with Gasteiger partial charge in [-0.3, -0.25) is 4.79 Å². The number of likely N-dealkylation sites (N-methyl/N-ethyl adjacent to an activating group) is 1. The quantitative estimate of drug-likeness (QED) is 0.700. The largest absolute Gasteiger partial charge is 0.352 e. The summed E-state index contributed by atoms with van der Waals surface area (Å²) in [6.45, 7) is 4.71. The van der Waals surface area contributed by atoms with Gasteiger partial charge >= 0.3 is 0 Å². The molecule has 0 aromatic carbocycles. The van der Waals surface area contributed by atoms with Crippen LogP contribution in [0.15, 0.2) is 0 Å². The van der Waals surface area contributed by atoms with Crippen LogP contribution in [0, 0.1) is 5.92 Å². The number of amides is 1. The molecule has 0 radical (unpaired) electrons. The van der Waals surface area contributed by atoms with E-state index >= 15 is 0 Å². The van der Waals surface area contributed by atoms with Crippen molar-refractivity contribution in [3.63, 3.8) is 0 Å². The molecule has 1 aliphatic heterocycles. The van der Waals surface area contributed by atoms with E-state index in [4.69, 9.17) is 5.73 Å². The zero-order valence-electron chi connectivity index (χ0n) is 9.83. The molecule has 0 saturated carbocycles. The smallest absolute Gasteiger partial charge is 0.220 e. The SMILES string of the molecule is CC(CN)CC(=O)NC1CCCN(C)C1. The third kappa shape index (κ3) is 4.62. The van der Waals surface area contributed by atoms with Crippen molar-refractivity contribution in [2.24, 2.45) is 11.7 Å². The summed E-state index contributed by atoms with van der Waals surface area (Å²) in [5, 5.41) is 3.08. The van der Waals surface area contributed by atoms with Gasteiger partial charge in [-0.25, -0.2) is 0 Å². The van der Waals surface area contributed by atoms with Gasteiger partial charge in [0.25, 0.3) is 0 Å². The van der Waals surface area contributed by atoms with Crippen LogP contribution in [0.5, 0.6) is 0 Å². The molecule has 0 aromatic rings. The van der Waals surface area contributed by atoms with Crippen LogP contribution in [0.25, 0.3) is 0 Å². The van der Waals surface area contributed by atoms with E-state index in [2.05, 4.69) is 17.3 Å². The summed E-state index contributed by atoms with van der Waals surface area (Å²) < 4.78 is 0. The minimum Gasteiger partial charge on any atom is -0.352 e.